The van der Waals surface area contributed by atoms with Crippen LogP contribution in [0.25, 0.3) is 22.3 Å². The molecule has 2 aliphatic carbocycles. The first kappa shape index (κ1) is 23.7. The van der Waals surface area contributed by atoms with E-state index in [-0.39, 0.29) is 17.9 Å². The van der Waals surface area contributed by atoms with Gasteiger partial charge in [-0.3, -0.25) is 9.59 Å². The van der Waals surface area contributed by atoms with Crippen LogP contribution in [0.1, 0.15) is 48.9 Å². The van der Waals surface area contributed by atoms with Crippen LogP contribution in [0.2, 0.25) is 0 Å². The largest absolute Gasteiger partial charge is 0.497 e. The van der Waals surface area contributed by atoms with Gasteiger partial charge in [-0.05, 0) is 62.6 Å². The van der Waals surface area contributed by atoms with Crippen molar-refractivity contribution < 1.29 is 24.2 Å². The number of likely N-dealkylation sites (tertiary alicyclic amines) is 1. The number of methoxy groups -OCH3 is 1. The minimum absolute atomic E-state index is 0.0579. The summed E-state index contributed by atoms with van der Waals surface area (Å²) in [6.45, 7) is 1.70. The van der Waals surface area contributed by atoms with Crippen LogP contribution in [0.5, 0.6) is 11.5 Å². The van der Waals surface area contributed by atoms with Crippen molar-refractivity contribution in [2.24, 2.45) is 5.92 Å². The highest BCUT2D eigenvalue weighted by molar-refractivity contribution is 6.08. The van der Waals surface area contributed by atoms with Gasteiger partial charge in [-0.25, -0.2) is 9.97 Å². The zero-order valence-corrected chi connectivity index (χ0v) is 20.8. The summed E-state index contributed by atoms with van der Waals surface area (Å²) in [6.07, 6.45) is 7.85. The number of aromatic amines is 1. The molecule has 3 aliphatic rings. The van der Waals surface area contributed by atoms with Crippen LogP contribution >= 0.6 is 0 Å². The van der Waals surface area contributed by atoms with Crippen LogP contribution in [0.15, 0.2) is 30.7 Å². The summed E-state index contributed by atoms with van der Waals surface area (Å²) < 4.78 is 11.6. The molecule has 6 rings (SSSR count). The van der Waals surface area contributed by atoms with E-state index in [1.54, 1.807) is 18.2 Å². The lowest BCUT2D eigenvalue weighted by atomic mass is 10.0. The molecule has 37 heavy (non-hydrogen) atoms. The van der Waals surface area contributed by atoms with E-state index >= 15 is 0 Å². The lowest BCUT2D eigenvalue weighted by molar-refractivity contribution is -0.143. The Hall–Kier alpha value is -3.66. The first-order valence-corrected chi connectivity index (χ1v) is 12.9. The average Bonchev–Trinajstić information content (AvgIpc) is 3.85. The van der Waals surface area contributed by atoms with Crippen molar-refractivity contribution in [3.63, 3.8) is 0 Å². The molecule has 0 bridgehead atoms. The maximum absolute atomic E-state index is 13.2. The Morgan fingerprint density at radius 2 is 1.97 bits per heavy atom. The molecule has 0 unspecified atom stereocenters. The number of H-pyrrole nitrogens is 1. The van der Waals surface area contributed by atoms with Gasteiger partial charge in [0.15, 0.2) is 0 Å². The van der Waals surface area contributed by atoms with Crippen molar-refractivity contribution in [3.05, 3.63) is 36.3 Å². The Kier molecular flexibility index (Phi) is 5.98. The molecular weight excluding hydrogens is 474 g/mol. The summed E-state index contributed by atoms with van der Waals surface area (Å²) in [7, 11) is 1.62. The summed E-state index contributed by atoms with van der Waals surface area (Å²) >= 11 is 0. The molecule has 10 nitrogen and oxygen atoms in total. The summed E-state index contributed by atoms with van der Waals surface area (Å²) in [5, 5.41) is 13.2. The molecule has 1 aromatic carbocycles. The lowest BCUT2D eigenvalue weighted by Crippen LogP contribution is -2.49. The van der Waals surface area contributed by atoms with Crippen LogP contribution in [-0.2, 0) is 4.79 Å². The van der Waals surface area contributed by atoms with E-state index in [4.69, 9.17) is 9.47 Å². The van der Waals surface area contributed by atoms with Crippen LogP contribution in [-0.4, -0.2) is 75.2 Å². The van der Waals surface area contributed by atoms with Crippen LogP contribution in [0.4, 0.5) is 0 Å². The number of piperidine rings is 1. The fourth-order valence-electron chi connectivity index (χ4n) is 4.87. The van der Waals surface area contributed by atoms with E-state index in [2.05, 4.69) is 20.3 Å². The molecule has 2 amide bonds. The number of rotatable bonds is 8. The van der Waals surface area contributed by atoms with Gasteiger partial charge < -0.3 is 29.8 Å². The van der Waals surface area contributed by atoms with Gasteiger partial charge in [0.25, 0.3) is 11.8 Å². The first-order valence-electron chi connectivity index (χ1n) is 12.9. The second kappa shape index (κ2) is 9.33. The Balaban J connectivity index is 1.20. The molecule has 0 spiro atoms. The van der Waals surface area contributed by atoms with Gasteiger partial charge >= 0.3 is 0 Å². The number of ether oxygens (including phenoxy) is 2. The molecule has 3 N–H and O–H groups in total. The highest BCUT2D eigenvalue weighted by atomic mass is 16.5. The standard InChI is InChI=1S/C27H31N5O5/c1-36-18-4-5-21(37-14-16-2-3-16)19(12-18)22-24-23(30-15-29-22)20(13-28-24)25(33)31-17-6-10-32(11-7-17)26(34)27(35)8-9-27/h4-5,12-13,15-17,28,35H,2-3,6-11,14H2,1H3,(H,31,33). The van der Waals surface area contributed by atoms with E-state index < -0.39 is 5.60 Å². The molecule has 3 fully saturated rings. The van der Waals surface area contributed by atoms with Crippen molar-refractivity contribution in [1.29, 1.82) is 0 Å². The van der Waals surface area contributed by atoms with E-state index in [0.717, 1.165) is 5.56 Å². The first-order chi connectivity index (χ1) is 17.9. The SMILES string of the molecule is COc1ccc(OCC2CC2)c(-c2ncnc3c(C(=O)NC4CCN(C(=O)C5(O)CC5)CC4)c[nH]c23)c1. The summed E-state index contributed by atoms with van der Waals surface area (Å²) in [6, 6.07) is 5.58. The second-order valence-electron chi connectivity index (χ2n) is 10.3. The number of amides is 2. The monoisotopic (exact) mass is 505 g/mol. The van der Waals surface area contributed by atoms with Gasteiger partial charge in [-0.2, -0.15) is 0 Å². The minimum atomic E-state index is -1.15. The molecule has 2 aromatic heterocycles. The Labute approximate surface area is 214 Å². The number of fused-ring (bicyclic) bond motifs is 1. The topological polar surface area (TPSA) is 130 Å². The van der Waals surface area contributed by atoms with Gasteiger partial charge in [0.05, 0.1) is 24.8 Å². The zero-order chi connectivity index (χ0) is 25.6. The number of aliphatic hydroxyl groups is 1. The van der Waals surface area contributed by atoms with E-state index in [1.165, 1.54) is 19.2 Å². The van der Waals surface area contributed by atoms with Gasteiger partial charge in [0.2, 0.25) is 0 Å². The summed E-state index contributed by atoms with van der Waals surface area (Å²) in [5.74, 6) is 1.59. The van der Waals surface area contributed by atoms with Crippen LogP contribution in [0.3, 0.4) is 0 Å². The van der Waals surface area contributed by atoms with Gasteiger partial charge in [0, 0.05) is 30.9 Å². The van der Waals surface area contributed by atoms with Crippen molar-refractivity contribution >= 4 is 22.8 Å². The fraction of sp³-hybridized carbons (Fsp3) is 0.481. The molecule has 0 radical (unpaired) electrons. The summed E-state index contributed by atoms with van der Waals surface area (Å²) in [5.41, 5.74) is 1.88. The smallest absolute Gasteiger partial charge is 0.255 e. The predicted molar refractivity (Wildman–Crippen MR) is 135 cm³/mol. The highest BCUT2D eigenvalue weighted by Crippen LogP contribution is 2.39. The zero-order valence-electron chi connectivity index (χ0n) is 20.8. The van der Waals surface area contributed by atoms with E-state index in [1.807, 2.05) is 18.2 Å². The molecule has 10 heteroatoms. The maximum atomic E-state index is 13.2. The molecule has 1 aliphatic heterocycles. The number of hydrogen-bond acceptors (Lipinski definition) is 7. The van der Waals surface area contributed by atoms with Gasteiger partial charge in [0.1, 0.15) is 34.6 Å². The Bertz CT molecular complexity index is 1340. The summed E-state index contributed by atoms with van der Waals surface area (Å²) in [4.78, 5) is 39.4. The number of hydrogen-bond donors (Lipinski definition) is 3. The van der Waals surface area contributed by atoms with E-state index in [0.29, 0.717) is 85.1 Å². The van der Waals surface area contributed by atoms with Crippen molar-refractivity contribution in [2.75, 3.05) is 26.8 Å². The third kappa shape index (κ3) is 4.73. The Morgan fingerprint density at radius 3 is 2.68 bits per heavy atom. The molecular formula is C27H31N5O5. The van der Waals surface area contributed by atoms with Crippen molar-refractivity contribution in [3.8, 4) is 22.8 Å². The second-order valence-corrected chi connectivity index (χ2v) is 10.3. The van der Waals surface area contributed by atoms with Crippen molar-refractivity contribution in [1.82, 2.24) is 25.2 Å². The number of aromatic nitrogens is 3. The minimum Gasteiger partial charge on any atom is -0.497 e. The van der Waals surface area contributed by atoms with Crippen molar-refractivity contribution in [2.45, 2.75) is 50.2 Å². The lowest BCUT2D eigenvalue weighted by Gasteiger charge is -2.33. The van der Waals surface area contributed by atoms with E-state index in [9.17, 15) is 14.7 Å². The number of benzene rings is 1. The third-order valence-electron chi connectivity index (χ3n) is 7.56. The molecule has 3 heterocycles. The number of nitrogens with zero attached hydrogens (tertiary/aromatic N) is 3. The molecule has 2 saturated carbocycles. The number of carbonyl (C=O) groups excluding carboxylic acids is 2. The average molecular weight is 506 g/mol. The molecule has 194 valence electrons. The maximum Gasteiger partial charge on any atom is 0.255 e. The third-order valence-corrected chi connectivity index (χ3v) is 7.56. The quantitative estimate of drug-likeness (QED) is 0.429. The molecule has 1 saturated heterocycles. The van der Waals surface area contributed by atoms with Crippen LogP contribution in [0, 0.1) is 5.92 Å². The molecule has 3 aromatic rings. The molecule has 0 atom stereocenters. The normalized spacial score (nSPS) is 19.0. The number of carbonyl (C=O) groups is 2. The van der Waals surface area contributed by atoms with Gasteiger partial charge in [-0.1, -0.05) is 0 Å². The Morgan fingerprint density at radius 1 is 1.19 bits per heavy atom. The van der Waals surface area contributed by atoms with Crippen LogP contribution < -0.4 is 14.8 Å². The predicted octanol–water partition coefficient (Wildman–Crippen LogP) is 2.67. The van der Waals surface area contributed by atoms with Gasteiger partial charge in [-0.15, -0.1) is 0 Å². The highest BCUT2D eigenvalue weighted by Gasteiger charge is 2.50. The fourth-order valence-corrected chi connectivity index (χ4v) is 4.87. The number of nitrogens with one attached hydrogen (secondary N) is 2.